The van der Waals surface area contributed by atoms with E-state index < -0.39 is 0 Å². The van der Waals surface area contributed by atoms with Gasteiger partial charge < -0.3 is 9.97 Å². The minimum atomic E-state index is -0.00829. The molecule has 7 heteroatoms. The van der Waals surface area contributed by atoms with E-state index in [1.165, 1.54) is 0 Å². The zero-order chi connectivity index (χ0) is 14.9. The first-order chi connectivity index (χ1) is 10.8. The fraction of sp³-hybridized carbons (Fsp3) is 0.267. The third-order valence-electron chi connectivity index (χ3n) is 3.84. The van der Waals surface area contributed by atoms with E-state index >= 15 is 0 Å². The molecule has 6 nitrogen and oxygen atoms in total. The number of nitrogens with one attached hydrogen (secondary N) is 2. The Balaban J connectivity index is 1.64. The molecule has 0 atom stereocenters. The first kappa shape index (κ1) is 13.4. The van der Waals surface area contributed by atoms with E-state index in [4.69, 9.17) is 0 Å². The van der Waals surface area contributed by atoms with Gasteiger partial charge in [-0.3, -0.25) is 9.69 Å². The van der Waals surface area contributed by atoms with E-state index in [0.29, 0.717) is 12.4 Å². The molecule has 2 N–H and O–H groups in total. The van der Waals surface area contributed by atoms with Crippen molar-refractivity contribution in [3.63, 3.8) is 0 Å². The summed E-state index contributed by atoms with van der Waals surface area (Å²) in [4.78, 5) is 30.5. The Hall–Kier alpha value is -2.25. The standard InChI is InChI=1S/C15H15N5OS/c21-15-10-3-6-20(9-13-16-4-5-17-13)8-11(10)18-14(19-15)12-2-1-7-22-12/h1-2,4-5,7H,3,6,8-9H2,(H,16,17)(H,18,19,21). The summed E-state index contributed by atoms with van der Waals surface area (Å²) in [6.45, 7) is 2.27. The molecule has 3 aromatic heterocycles. The van der Waals surface area contributed by atoms with Crippen molar-refractivity contribution in [1.29, 1.82) is 0 Å². The van der Waals surface area contributed by atoms with Crippen molar-refractivity contribution in [2.45, 2.75) is 19.5 Å². The van der Waals surface area contributed by atoms with Gasteiger partial charge in [-0.2, -0.15) is 0 Å². The minimum Gasteiger partial charge on any atom is -0.348 e. The Morgan fingerprint density at radius 1 is 1.41 bits per heavy atom. The van der Waals surface area contributed by atoms with Crippen molar-refractivity contribution in [3.05, 3.63) is 57.3 Å². The number of hydrogen-bond donors (Lipinski definition) is 2. The van der Waals surface area contributed by atoms with Crippen LogP contribution >= 0.6 is 11.3 Å². The van der Waals surface area contributed by atoms with E-state index in [1.54, 1.807) is 17.5 Å². The number of imidazole rings is 1. The van der Waals surface area contributed by atoms with Crippen molar-refractivity contribution < 1.29 is 0 Å². The number of aromatic nitrogens is 4. The topological polar surface area (TPSA) is 77.7 Å². The average Bonchev–Trinajstić information content (AvgIpc) is 3.20. The molecule has 0 saturated carbocycles. The molecule has 0 fully saturated rings. The number of fused-ring (bicyclic) bond motifs is 1. The van der Waals surface area contributed by atoms with Crippen LogP contribution in [0.1, 0.15) is 17.1 Å². The highest BCUT2D eigenvalue weighted by atomic mass is 32.1. The molecule has 4 rings (SSSR count). The summed E-state index contributed by atoms with van der Waals surface area (Å²) >= 11 is 1.58. The quantitative estimate of drug-likeness (QED) is 0.772. The number of H-pyrrole nitrogens is 2. The zero-order valence-electron chi connectivity index (χ0n) is 11.9. The van der Waals surface area contributed by atoms with Crippen LogP contribution in [0.3, 0.4) is 0 Å². The van der Waals surface area contributed by atoms with E-state index in [9.17, 15) is 4.79 Å². The molecule has 112 valence electrons. The molecule has 1 aliphatic heterocycles. The summed E-state index contributed by atoms with van der Waals surface area (Å²) in [5.41, 5.74) is 1.69. The van der Waals surface area contributed by atoms with Gasteiger partial charge in [-0.1, -0.05) is 6.07 Å². The molecule has 0 bridgehead atoms. The molecule has 22 heavy (non-hydrogen) atoms. The van der Waals surface area contributed by atoms with Crippen molar-refractivity contribution in [3.8, 4) is 10.7 Å². The van der Waals surface area contributed by atoms with Crippen LogP contribution < -0.4 is 5.56 Å². The molecular weight excluding hydrogens is 298 g/mol. The highest BCUT2D eigenvalue weighted by Gasteiger charge is 2.22. The van der Waals surface area contributed by atoms with Crippen LogP contribution in [-0.4, -0.2) is 31.4 Å². The summed E-state index contributed by atoms with van der Waals surface area (Å²) in [5, 5.41) is 1.98. The molecule has 0 radical (unpaired) electrons. The van der Waals surface area contributed by atoms with Gasteiger partial charge in [0.05, 0.1) is 17.1 Å². The van der Waals surface area contributed by atoms with Crippen molar-refractivity contribution in [2.75, 3.05) is 6.54 Å². The summed E-state index contributed by atoms with van der Waals surface area (Å²) in [6.07, 6.45) is 4.30. The first-order valence-electron chi connectivity index (χ1n) is 7.16. The maximum atomic E-state index is 12.3. The Morgan fingerprint density at radius 2 is 2.36 bits per heavy atom. The predicted molar refractivity (Wildman–Crippen MR) is 84.6 cm³/mol. The highest BCUT2D eigenvalue weighted by Crippen LogP contribution is 2.22. The third-order valence-corrected chi connectivity index (χ3v) is 4.71. The number of rotatable bonds is 3. The van der Waals surface area contributed by atoms with Gasteiger partial charge in [0.15, 0.2) is 5.82 Å². The SMILES string of the molecule is O=c1[nH]c(-c2cccs2)nc2c1CCN(Cc1ncc[nH]1)C2. The van der Waals surface area contributed by atoms with Gasteiger partial charge in [0, 0.05) is 31.0 Å². The van der Waals surface area contributed by atoms with Gasteiger partial charge in [-0.05, 0) is 17.9 Å². The molecule has 0 aliphatic carbocycles. The lowest BCUT2D eigenvalue weighted by Crippen LogP contribution is -2.35. The molecule has 0 saturated heterocycles. The summed E-state index contributed by atoms with van der Waals surface area (Å²) < 4.78 is 0. The molecule has 0 amide bonds. The zero-order valence-corrected chi connectivity index (χ0v) is 12.7. The molecular formula is C15H15N5OS. The van der Waals surface area contributed by atoms with Crippen LogP contribution in [0, 0.1) is 0 Å². The van der Waals surface area contributed by atoms with Gasteiger partial charge in [-0.25, -0.2) is 9.97 Å². The van der Waals surface area contributed by atoms with E-state index in [1.807, 2.05) is 23.7 Å². The van der Waals surface area contributed by atoms with Crippen LogP contribution in [-0.2, 0) is 19.5 Å². The maximum absolute atomic E-state index is 12.3. The number of thiophene rings is 1. The first-order valence-corrected chi connectivity index (χ1v) is 8.04. The number of aromatic amines is 2. The largest absolute Gasteiger partial charge is 0.348 e. The third kappa shape index (κ3) is 2.49. The van der Waals surface area contributed by atoms with Gasteiger partial charge >= 0.3 is 0 Å². The van der Waals surface area contributed by atoms with Gasteiger partial charge in [0.2, 0.25) is 0 Å². The smallest absolute Gasteiger partial charge is 0.254 e. The van der Waals surface area contributed by atoms with Crippen LogP contribution in [0.25, 0.3) is 10.7 Å². The minimum absolute atomic E-state index is 0.00829. The Morgan fingerprint density at radius 3 is 3.14 bits per heavy atom. The predicted octanol–water partition coefficient (Wildman–Crippen LogP) is 1.78. The lowest BCUT2D eigenvalue weighted by Gasteiger charge is -2.26. The van der Waals surface area contributed by atoms with Crippen LogP contribution in [0.2, 0.25) is 0 Å². The van der Waals surface area contributed by atoms with Crippen molar-refractivity contribution in [1.82, 2.24) is 24.8 Å². The van der Waals surface area contributed by atoms with Gasteiger partial charge in [0.25, 0.3) is 5.56 Å². The van der Waals surface area contributed by atoms with Crippen LogP contribution in [0.4, 0.5) is 0 Å². The normalized spacial score (nSPS) is 14.9. The molecule has 0 spiro atoms. The lowest BCUT2D eigenvalue weighted by molar-refractivity contribution is 0.235. The maximum Gasteiger partial charge on any atom is 0.254 e. The molecule has 0 unspecified atom stereocenters. The van der Waals surface area contributed by atoms with Gasteiger partial charge in [0.1, 0.15) is 5.82 Å². The summed E-state index contributed by atoms with van der Waals surface area (Å²) in [7, 11) is 0. The number of hydrogen-bond acceptors (Lipinski definition) is 5. The Labute approximate surface area is 130 Å². The second-order valence-corrected chi connectivity index (χ2v) is 6.26. The lowest BCUT2D eigenvalue weighted by atomic mass is 10.1. The molecule has 3 aromatic rings. The molecule has 4 heterocycles. The number of nitrogens with zero attached hydrogens (tertiary/aromatic N) is 3. The highest BCUT2D eigenvalue weighted by molar-refractivity contribution is 7.13. The van der Waals surface area contributed by atoms with E-state index in [0.717, 1.165) is 41.5 Å². The van der Waals surface area contributed by atoms with E-state index in [-0.39, 0.29) is 5.56 Å². The molecule has 1 aliphatic rings. The van der Waals surface area contributed by atoms with E-state index in [2.05, 4.69) is 24.8 Å². The summed E-state index contributed by atoms with van der Waals surface area (Å²) in [6, 6.07) is 3.93. The monoisotopic (exact) mass is 313 g/mol. The van der Waals surface area contributed by atoms with Crippen molar-refractivity contribution in [2.24, 2.45) is 0 Å². The fourth-order valence-electron chi connectivity index (χ4n) is 2.76. The second kappa shape index (κ2) is 5.51. The Kier molecular flexibility index (Phi) is 3.36. The summed E-state index contributed by atoms with van der Waals surface area (Å²) in [5.74, 6) is 1.60. The van der Waals surface area contributed by atoms with Crippen LogP contribution in [0.5, 0.6) is 0 Å². The fourth-order valence-corrected chi connectivity index (χ4v) is 3.42. The second-order valence-electron chi connectivity index (χ2n) is 5.31. The Bertz CT molecular complexity index is 822. The van der Waals surface area contributed by atoms with Crippen LogP contribution in [0.15, 0.2) is 34.7 Å². The van der Waals surface area contributed by atoms with Gasteiger partial charge in [-0.15, -0.1) is 11.3 Å². The average molecular weight is 313 g/mol. The molecule has 0 aromatic carbocycles. The van der Waals surface area contributed by atoms with Crippen molar-refractivity contribution >= 4 is 11.3 Å².